The van der Waals surface area contributed by atoms with Crippen LogP contribution in [0.5, 0.6) is 0 Å². The van der Waals surface area contributed by atoms with Gasteiger partial charge in [0.25, 0.3) is 0 Å². The number of ether oxygens (including phenoxy) is 1. The summed E-state index contributed by atoms with van der Waals surface area (Å²) >= 11 is 0. The minimum atomic E-state index is -0.389. The molecule has 0 aromatic carbocycles. The Morgan fingerprint density at radius 1 is 1.43 bits per heavy atom. The van der Waals surface area contributed by atoms with Gasteiger partial charge in [-0.15, -0.1) is 0 Å². The molecule has 4 heteroatoms. The monoisotopic (exact) mass is 295 g/mol. The lowest BCUT2D eigenvalue weighted by atomic mass is 9.95. The van der Waals surface area contributed by atoms with Crippen LogP contribution in [0.2, 0.25) is 0 Å². The first-order chi connectivity index (χ1) is 9.99. The molecule has 122 valence electrons. The van der Waals surface area contributed by atoms with Crippen molar-refractivity contribution in [3.8, 4) is 6.07 Å². The number of hydrogen-bond donors (Lipinski definition) is 1. The highest BCUT2D eigenvalue weighted by Crippen LogP contribution is 2.16. The van der Waals surface area contributed by atoms with Crippen LogP contribution in [0.25, 0.3) is 0 Å². The van der Waals surface area contributed by atoms with Crippen molar-refractivity contribution in [2.75, 3.05) is 26.2 Å². The van der Waals surface area contributed by atoms with Crippen molar-refractivity contribution >= 4 is 0 Å². The summed E-state index contributed by atoms with van der Waals surface area (Å²) < 4.78 is 5.71. The summed E-state index contributed by atoms with van der Waals surface area (Å²) in [5.74, 6) is 0. The Labute approximate surface area is 130 Å². The van der Waals surface area contributed by atoms with Crippen molar-refractivity contribution in [2.24, 2.45) is 0 Å². The maximum atomic E-state index is 9.34. The second-order valence-corrected chi connectivity index (χ2v) is 6.73. The lowest BCUT2D eigenvalue weighted by Gasteiger charge is -2.27. The molecule has 0 aromatic rings. The van der Waals surface area contributed by atoms with Crippen LogP contribution in [0.3, 0.4) is 0 Å². The van der Waals surface area contributed by atoms with Gasteiger partial charge in [-0.3, -0.25) is 5.32 Å². The third-order valence-corrected chi connectivity index (χ3v) is 4.19. The third kappa shape index (κ3) is 7.26. The molecule has 21 heavy (non-hydrogen) atoms. The van der Waals surface area contributed by atoms with Gasteiger partial charge in [0.2, 0.25) is 0 Å². The van der Waals surface area contributed by atoms with Crippen LogP contribution in [-0.2, 0) is 4.74 Å². The normalized spacial score (nSPS) is 21.7. The Morgan fingerprint density at radius 3 is 2.71 bits per heavy atom. The molecule has 1 N–H and O–H groups in total. The van der Waals surface area contributed by atoms with E-state index in [9.17, 15) is 5.26 Å². The van der Waals surface area contributed by atoms with Crippen molar-refractivity contribution in [3.63, 3.8) is 0 Å². The topological polar surface area (TPSA) is 48.3 Å². The van der Waals surface area contributed by atoms with Gasteiger partial charge in [0, 0.05) is 19.2 Å². The summed E-state index contributed by atoms with van der Waals surface area (Å²) in [6.07, 6.45) is 6.02. The first kappa shape index (κ1) is 18.4. The number of nitriles is 1. The molecule has 1 aliphatic rings. The predicted molar refractivity (Wildman–Crippen MR) is 87.2 cm³/mol. The lowest BCUT2D eigenvalue weighted by molar-refractivity contribution is 0.0741. The van der Waals surface area contributed by atoms with Crippen LogP contribution in [-0.4, -0.2) is 48.8 Å². The molecule has 0 radical (unpaired) electrons. The first-order valence-corrected chi connectivity index (χ1v) is 8.52. The van der Waals surface area contributed by atoms with Gasteiger partial charge >= 0.3 is 0 Å². The summed E-state index contributed by atoms with van der Waals surface area (Å²) in [5, 5.41) is 12.7. The van der Waals surface area contributed by atoms with E-state index in [0.29, 0.717) is 12.1 Å². The summed E-state index contributed by atoms with van der Waals surface area (Å²) in [6.45, 7) is 12.6. The number of likely N-dealkylation sites (N-methyl/N-ethyl adjacent to an activating group) is 1. The number of nitrogens with one attached hydrogen (secondary N) is 1. The van der Waals surface area contributed by atoms with Crippen molar-refractivity contribution in [3.05, 3.63) is 0 Å². The summed E-state index contributed by atoms with van der Waals surface area (Å²) in [5.41, 5.74) is -0.389. The summed E-state index contributed by atoms with van der Waals surface area (Å²) in [4.78, 5) is 2.48. The van der Waals surface area contributed by atoms with Crippen molar-refractivity contribution < 1.29 is 4.74 Å². The van der Waals surface area contributed by atoms with E-state index in [1.807, 2.05) is 6.92 Å². The fraction of sp³-hybridized carbons (Fsp3) is 0.941. The minimum absolute atomic E-state index is 0.348. The smallest absolute Gasteiger partial charge is 0.104 e. The Kier molecular flexibility index (Phi) is 8.24. The Balaban J connectivity index is 2.22. The lowest BCUT2D eigenvalue weighted by Crippen LogP contribution is -2.45. The van der Waals surface area contributed by atoms with Crippen molar-refractivity contribution in [1.82, 2.24) is 10.2 Å². The Hall–Kier alpha value is -0.630. The van der Waals surface area contributed by atoms with E-state index in [2.05, 4.69) is 37.1 Å². The zero-order valence-corrected chi connectivity index (χ0v) is 14.3. The molecule has 2 atom stereocenters. The van der Waals surface area contributed by atoms with Gasteiger partial charge in [-0.25, -0.2) is 0 Å². The molecule has 0 amide bonds. The average Bonchev–Trinajstić information content (AvgIpc) is 2.94. The van der Waals surface area contributed by atoms with Crippen LogP contribution in [0.4, 0.5) is 0 Å². The number of unbranched alkanes of at least 4 members (excludes halogenated alkanes) is 1. The van der Waals surface area contributed by atoms with Gasteiger partial charge in [-0.1, -0.05) is 6.92 Å². The highest BCUT2D eigenvalue weighted by molar-refractivity contribution is 5.04. The van der Waals surface area contributed by atoms with Crippen molar-refractivity contribution in [1.29, 1.82) is 5.26 Å². The minimum Gasteiger partial charge on any atom is -0.377 e. The maximum Gasteiger partial charge on any atom is 0.104 e. The largest absolute Gasteiger partial charge is 0.377 e. The highest BCUT2D eigenvalue weighted by Gasteiger charge is 2.24. The van der Waals surface area contributed by atoms with E-state index >= 15 is 0 Å². The molecule has 1 fully saturated rings. The van der Waals surface area contributed by atoms with Gasteiger partial charge in [0.1, 0.15) is 5.54 Å². The predicted octanol–water partition coefficient (Wildman–Crippen LogP) is 2.94. The molecular formula is C17H33N3O. The van der Waals surface area contributed by atoms with E-state index in [0.717, 1.165) is 45.5 Å². The highest BCUT2D eigenvalue weighted by atomic mass is 16.5. The SMILES string of the molecule is CCN(CCCCC(C)(C#N)NC(C)C)CC1CCCO1. The zero-order valence-electron chi connectivity index (χ0n) is 14.3. The van der Waals surface area contributed by atoms with Crippen LogP contribution >= 0.6 is 0 Å². The summed E-state index contributed by atoms with van der Waals surface area (Å²) in [6, 6.07) is 2.77. The number of nitrogens with zero attached hydrogens (tertiary/aromatic N) is 2. The maximum absolute atomic E-state index is 9.34. The molecule has 4 nitrogen and oxygen atoms in total. The second kappa shape index (κ2) is 9.40. The average molecular weight is 295 g/mol. The van der Waals surface area contributed by atoms with E-state index in [4.69, 9.17) is 4.74 Å². The van der Waals surface area contributed by atoms with Crippen LogP contribution in [0.15, 0.2) is 0 Å². The van der Waals surface area contributed by atoms with E-state index < -0.39 is 0 Å². The standard InChI is InChI=1S/C17H33N3O/c1-5-20(13-16-9-8-12-21-16)11-7-6-10-17(4,14-18)19-15(2)3/h15-16,19H,5-13H2,1-4H3. The Morgan fingerprint density at radius 2 is 2.19 bits per heavy atom. The van der Waals surface area contributed by atoms with E-state index in [-0.39, 0.29) is 5.54 Å². The third-order valence-electron chi connectivity index (χ3n) is 4.19. The Bertz CT molecular complexity index is 320. The van der Waals surface area contributed by atoms with E-state index in [1.165, 1.54) is 12.8 Å². The fourth-order valence-electron chi connectivity index (χ4n) is 3.07. The second-order valence-electron chi connectivity index (χ2n) is 6.73. The molecule has 1 saturated heterocycles. The molecule has 0 aromatic heterocycles. The van der Waals surface area contributed by atoms with Crippen LogP contribution in [0.1, 0.15) is 59.8 Å². The molecule has 1 heterocycles. The summed E-state index contributed by atoms with van der Waals surface area (Å²) in [7, 11) is 0. The molecular weight excluding hydrogens is 262 g/mol. The molecule has 0 bridgehead atoms. The van der Waals surface area contributed by atoms with Gasteiger partial charge < -0.3 is 9.64 Å². The zero-order chi connectivity index (χ0) is 15.7. The number of rotatable bonds is 10. The molecule has 1 rings (SSSR count). The fourth-order valence-corrected chi connectivity index (χ4v) is 3.07. The molecule has 2 unspecified atom stereocenters. The van der Waals surface area contributed by atoms with Gasteiger partial charge in [0.15, 0.2) is 0 Å². The van der Waals surface area contributed by atoms with Crippen LogP contribution in [0, 0.1) is 11.3 Å². The molecule has 0 saturated carbocycles. The molecule has 0 aliphatic carbocycles. The van der Waals surface area contributed by atoms with Crippen molar-refractivity contribution in [2.45, 2.75) is 77.5 Å². The van der Waals surface area contributed by atoms with Gasteiger partial charge in [0.05, 0.1) is 12.2 Å². The molecule has 1 aliphatic heterocycles. The molecule has 0 spiro atoms. The van der Waals surface area contributed by atoms with Gasteiger partial charge in [-0.2, -0.15) is 5.26 Å². The number of hydrogen-bond acceptors (Lipinski definition) is 4. The van der Waals surface area contributed by atoms with Gasteiger partial charge in [-0.05, 0) is 66.0 Å². The van der Waals surface area contributed by atoms with Crippen LogP contribution < -0.4 is 5.32 Å². The first-order valence-electron chi connectivity index (χ1n) is 8.52. The quantitative estimate of drug-likeness (QED) is 0.630. The van der Waals surface area contributed by atoms with E-state index in [1.54, 1.807) is 0 Å².